The highest BCUT2D eigenvalue weighted by molar-refractivity contribution is 5.89. The van der Waals surface area contributed by atoms with Crippen LogP contribution in [0.5, 0.6) is 5.88 Å². The fourth-order valence-corrected chi connectivity index (χ4v) is 1.55. The Labute approximate surface area is 103 Å². The SMILES string of the molecule is COc1ccc(-c2cc(F)cc(C(=O)O)c2)cn1. The highest BCUT2D eigenvalue weighted by Gasteiger charge is 2.08. The van der Waals surface area contributed by atoms with E-state index in [-0.39, 0.29) is 5.56 Å². The third-order valence-corrected chi connectivity index (χ3v) is 2.42. The lowest BCUT2D eigenvalue weighted by molar-refractivity contribution is 0.0696. The Bertz CT molecular complexity index is 581. The molecule has 0 unspecified atom stereocenters. The molecule has 92 valence electrons. The van der Waals surface area contributed by atoms with E-state index in [1.807, 2.05) is 0 Å². The summed E-state index contributed by atoms with van der Waals surface area (Å²) in [6.07, 6.45) is 1.50. The molecule has 1 aromatic carbocycles. The quantitative estimate of drug-likeness (QED) is 0.905. The van der Waals surface area contributed by atoms with E-state index < -0.39 is 11.8 Å². The molecule has 2 aromatic rings. The number of halogens is 1. The number of benzene rings is 1. The number of aromatic nitrogens is 1. The second-order valence-corrected chi connectivity index (χ2v) is 3.62. The minimum Gasteiger partial charge on any atom is -0.481 e. The molecule has 0 spiro atoms. The first-order valence-electron chi connectivity index (χ1n) is 5.14. The lowest BCUT2D eigenvalue weighted by atomic mass is 10.0. The van der Waals surface area contributed by atoms with Gasteiger partial charge in [0.25, 0.3) is 0 Å². The molecule has 2 rings (SSSR count). The molecular weight excluding hydrogens is 237 g/mol. The Kier molecular flexibility index (Phi) is 3.23. The van der Waals surface area contributed by atoms with Crippen molar-refractivity contribution in [2.45, 2.75) is 0 Å². The highest BCUT2D eigenvalue weighted by atomic mass is 19.1. The van der Waals surface area contributed by atoms with E-state index in [1.54, 1.807) is 12.1 Å². The van der Waals surface area contributed by atoms with Gasteiger partial charge >= 0.3 is 5.97 Å². The van der Waals surface area contributed by atoms with E-state index in [4.69, 9.17) is 9.84 Å². The third kappa shape index (κ3) is 2.45. The van der Waals surface area contributed by atoms with E-state index in [2.05, 4.69) is 4.98 Å². The summed E-state index contributed by atoms with van der Waals surface area (Å²) in [6.45, 7) is 0. The van der Waals surface area contributed by atoms with Gasteiger partial charge in [0, 0.05) is 17.8 Å². The first kappa shape index (κ1) is 12.0. The predicted octanol–water partition coefficient (Wildman–Crippen LogP) is 2.59. The summed E-state index contributed by atoms with van der Waals surface area (Å²) in [6, 6.07) is 6.94. The molecule has 18 heavy (non-hydrogen) atoms. The normalized spacial score (nSPS) is 10.1. The van der Waals surface area contributed by atoms with Gasteiger partial charge in [0.2, 0.25) is 5.88 Å². The zero-order valence-electron chi connectivity index (χ0n) is 9.55. The third-order valence-electron chi connectivity index (χ3n) is 2.42. The number of hydrogen-bond donors (Lipinski definition) is 1. The molecule has 1 N–H and O–H groups in total. The Morgan fingerprint density at radius 1 is 1.28 bits per heavy atom. The van der Waals surface area contributed by atoms with Crippen molar-refractivity contribution in [3.8, 4) is 17.0 Å². The first-order chi connectivity index (χ1) is 8.60. The molecule has 0 aliphatic heterocycles. The number of carbonyl (C=O) groups is 1. The summed E-state index contributed by atoms with van der Waals surface area (Å²) < 4.78 is 18.2. The molecule has 1 aromatic heterocycles. The van der Waals surface area contributed by atoms with Gasteiger partial charge in [0.1, 0.15) is 5.82 Å². The molecule has 0 saturated carbocycles. The highest BCUT2D eigenvalue weighted by Crippen LogP contribution is 2.22. The smallest absolute Gasteiger partial charge is 0.335 e. The van der Waals surface area contributed by atoms with Crippen LogP contribution in [0.1, 0.15) is 10.4 Å². The number of hydrogen-bond acceptors (Lipinski definition) is 3. The maximum atomic E-state index is 13.3. The van der Waals surface area contributed by atoms with Crippen LogP contribution in [0.3, 0.4) is 0 Å². The molecule has 5 heteroatoms. The molecule has 0 fully saturated rings. The average Bonchev–Trinajstić information content (AvgIpc) is 2.38. The molecule has 0 aliphatic rings. The van der Waals surface area contributed by atoms with Crippen molar-refractivity contribution in [2.75, 3.05) is 7.11 Å². The Morgan fingerprint density at radius 3 is 2.61 bits per heavy atom. The van der Waals surface area contributed by atoms with Gasteiger partial charge in [0.05, 0.1) is 12.7 Å². The summed E-state index contributed by atoms with van der Waals surface area (Å²) >= 11 is 0. The van der Waals surface area contributed by atoms with E-state index >= 15 is 0 Å². The van der Waals surface area contributed by atoms with Gasteiger partial charge < -0.3 is 9.84 Å². The van der Waals surface area contributed by atoms with E-state index in [1.165, 1.54) is 25.4 Å². The summed E-state index contributed by atoms with van der Waals surface area (Å²) in [5, 5.41) is 8.86. The average molecular weight is 247 g/mol. The second-order valence-electron chi connectivity index (χ2n) is 3.62. The van der Waals surface area contributed by atoms with Crippen molar-refractivity contribution in [3.05, 3.63) is 47.9 Å². The minimum atomic E-state index is -1.17. The zero-order valence-corrected chi connectivity index (χ0v) is 9.55. The fourth-order valence-electron chi connectivity index (χ4n) is 1.55. The zero-order chi connectivity index (χ0) is 13.1. The van der Waals surface area contributed by atoms with Crippen LogP contribution in [0.25, 0.3) is 11.1 Å². The Morgan fingerprint density at radius 2 is 2.06 bits per heavy atom. The number of carboxylic acids is 1. The fraction of sp³-hybridized carbons (Fsp3) is 0.0769. The van der Waals surface area contributed by atoms with Crippen molar-refractivity contribution >= 4 is 5.97 Å². The van der Waals surface area contributed by atoms with Crippen LogP contribution in [-0.4, -0.2) is 23.2 Å². The summed E-state index contributed by atoms with van der Waals surface area (Å²) in [7, 11) is 1.49. The van der Waals surface area contributed by atoms with Crippen molar-refractivity contribution in [2.24, 2.45) is 0 Å². The van der Waals surface area contributed by atoms with Crippen LogP contribution in [0, 0.1) is 5.82 Å². The van der Waals surface area contributed by atoms with Gasteiger partial charge in [-0.2, -0.15) is 0 Å². The molecular formula is C13H10FNO3. The molecule has 1 heterocycles. The predicted molar refractivity (Wildman–Crippen MR) is 63.1 cm³/mol. The van der Waals surface area contributed by atoms with Crippen molar-refractivity contribution in [1.29, 1.82) is 0 Å². The number of nitrogens with zero attached hydrogens (tertiary/aromatic N) is 1. The van der Waals surface area contributed by atoms with E-state index in [9.17, 15) is 9.18 Å². The van der Waals surface area contributed by atoms with Crippen LogP contribution in [0.15, 0.2) is 36.5 Å². The molecule has 0 amide bonds. The van der Waals surface area contributed by atoms with Crippen molar-refractivity contribution < 1.29 is 19.0 Å². The number of aromatic carboxylic acids is 1. The molecule has 0 saturated heterocycles. The second kappa shape index (κ2) is 4.83. The molecule has 0 radical (unpaired) electrons. The van der Waals surface area contributed by atoms with Gasteiger partial charge in [-0.3, -0.25) is 0 Å². The van der Waals surface area contributed by atoms with E-state index in [0.29, 0.717) is 17.0 Å². The number of rotatable bonds is 3. The number of ether oxygens (including phenoxy) is 1. The van der Waals surface area contributed by atoms with Crippen molar-refractivity contribution in [1.82, 2.24) is 4.98 Å². The summed E-state index contributed by atoms with van der Waals surface area (Å²) in [5.74, 6) is -1.33. The molecule has 0 atom stereocenters. The van der Waals surface area contributed by atoms with Crippen molar-refractivity contribution in [3.63, 3.8) is 0 Å². The van der Waals surface area contributed by atoms with Crippen LogP contribution < -0.4 is 4.74 Å². The monoisotopic (exact) mass is 247 g/mol. The standard InChI is InChI=1S/C13H10FNO3/c1-18-12-3-2-8(7-15-12)9-4-10(13(16)17)6-11(14)5-9/h2-7H,1H3,(H,16,17). The maximum Gasteiger partial charge on any atom is 0.335 e. The van der Waals surface area contributed by atoms with Crippen LogP contribution in [0.4, 0.5) is 4.39 Å². The Balaban J connectivity index is 2.46. The maximum absolute atomic E-state index is 13.3. The van der Waals surface area contributed by atoms with E-state index in [0.717, 1.165) is 6.07 Å². The molecule has 0 aliphatic carbocycles. The summed E-state index contributed by atoms with van der Waals surface area (Å²) in [4.78, 5) is 14.8. The Hall–Kier alpha value is -2.43. The minimum absolute atomic E-state index is 0.0965. The van der Waals surface area contributed by atoms with Gasteiger partial charge in [-0.05, 0) is 29.8 Å². The number of carboxylic acid groups (broad SMARTS) is 1. The number of pyridine rings is 1. The largest absolute Gasteiger partial charge is 0.481 e. The van der Waals surface area contributed by atoms with Crippen LogP contribution >= 0.6 is 0 Å². The lowest BCUT2D eigenvalue weighted by Gasteiger charge is -2.04. The van der Waals surface area contributed by atoms with Gasteiger partial charge in [-0.1, -0.05) is 0 Å². The van der Waals surface area contributed by atoms with Crippen LogP contribution in [0.2, 0.25) is 0 Å². The van der Waals surface area contributed by atoms with Crippen LogP contribution in [-0.2, 0) is 0 Å². The van der Waals surface area contributed by atoms with Gasteiger partial charge in [0.15, 0.2) is 0 Å². The molecule has 4 nitrogen and oxygen atoms in total. The topological polar surface area (TPSA) is 59.4 Å². The summed E-state index contributed by atoms with van der Waals surface area (Å²) in [5.41, 5.74) is 0.987. The first-order valence-corrected chi connectivity index (χ1v) is 5.14. The number of methoxy groups -OCH3 is 1. The molecule has 0 bridgehead atoms. The van der Waals surface area contributed by atoms with Gasteiger partial charge in [-0.25, -0.2) is 14.2 Å². The lowest BCUT2D eigenvalue weighted by Crippen LogP contribution is -1.97. The van der Waals surface area contributed by atoms with Gasteiger partial charge in [-0.15, -0.1) is 0 Å².